The molecular formula is C23H11Br2F4N3O4. The second-order valence-electron chi connectivity index (χ2n) is 6.98. The summed E-state index contributed by atoms with van der Waals surface area (Å²) in [5, 5.41) is 23.4. The van der Waals surface area contributed by atoms with E-state index in [1.807, 2.05) is 0 Å². The van der Waals surface area contributed by atoms with Crippen LogP contribution in [0.4, 0.5) is 28.9 Å². The van der Waals surface area contributed by atoms with Gasteiger partial charge < -0.3 is 10.1 Å². The van der Waals surface area contributed by atoms with Gasteiger partial charge in [-0.25, -0.2) is 4.39 Å². The first-order valence-electron chi connectivity index (χ1n) is 9.60. The maximum absolute atomic E-state index is 13.1. The van der Waals surface area contributed by atoms with Gasteiger partial charge in [0.05, 0.1) is 15.0 Å². The molecule has 1 N–H and O–H groups in total. The van der Waals surface area contributed by atoms with Gasteiger partial charge in [0.15, 0.2) is 0 Å². The first kappa shape index (κ1) is 26.8. The summed E-state index contributed by atoms with van der Waals surface area (Å²) in [5.74, 6) is -1.97. The van der Waals surface area contributed by atoms with Gasteiger partial charge >= 0.3 is 11.9 Å². The minimum Gasteiger partial charge on any atom is -0.448 e. The minimum absolute atomic E-state index is 0.0938. The molecule has 0 aromatic heterocycles. The maximum Gasteiger partial charge on any atom is 0.416 e. The van der Waals surface area contributed by atoms with Crippen LogP contribution in [0.1, 0.15) is 11.1 Å². The van der Waals surface area contributed by atoms with E-state index < -0.39 is 45.4 Å². The van der Waals surface area contributed by atoms with E-state index in [4.69, 9.17) is 4.74 Å². The normalized spacial score (nSPS) is 11.5. The molecule has 0 atom stereocenters. The van der Waals surface area contributed by atoms with E-state index >= 15 is 0 Å². The van der Waals surface area contributed by atoms with Crippen molar-refractivity contribution in [3.05, 3.63) is 96.2 Å². The molecule has 0 unspecified atom stereocenters. The molecule has 0 bridgehead atoms. The van der Waals surface area contributed by atoms with Crippen molar-refractivity contribution in [2.45, 2.75) is 6.18 Å². The molecule has 7 nitrogen and oxygen atoms in total. The topological polar surface area (TPSA) is 105 Å². The van der Waals surface area contributed by atoms with Gasteiger partial charge in [0.25, 0.3) is 5.91 Å². The van der Waals surface area contributed by atoms with Gasteiger partial charge in [-0.3, -0.25) is 14.9 Å². The fourth-order valence-electron chi connectivity index (χ4n) is 2.86. The van der Waals surface area contributed by atoms with Crippen LogP contribution in [0.2, 0.25) is 0 Å². The molecule has 3 rings (SSSR count). The molecule has 184 valence electrons. The minimum atomic E-state index is -4.81. The van der Waals surface area contributed by atoms with Crippen LogP contribution in [-0.2, 0) is 11.0 Å². The first-order valence-corrected chi connectivity index (χ1v) is 11.2. The second-order valence-corrected chi connectivity index (χ2v) is 8.75. The van der Waals surface area contributed by atoms with Gasteiger partial charge in [0, 0.05) is 21.8 Å². The van der Waals surface area contributed by atoms with Crippen molar-refractivity contribution in [2.75, 3.05) is 5.32 Å². The number of hydrogen-bond donors (Lipinski definition) is 1. The van der Waals surface area contributed by atoms with Gasteiger partial charge in [-0.05, 0) is 70.5 Å². The number of nitro benzene ring substituents is 1. The summed E-state index contributed by atoms with van der Waals surface area (Å²) in [5.41, 5.74) is -2.27. The third-order valence-electron chi connectivity index (χ3n) is 4.50. The molecule has 0 spiro atoms. The highest BCUT2D eigenvalue weighted by Crippen LogP contribution is 2.42. The molecule has 0 aliphatic heterocycles. The summed E-state index contributed by atoms with van der Waals surface area (Å²) in [6, 6.07) is 11.2. The number of nitrogens with one attached hydrogen (secondary N) is 1. The van der Waals surface area contributed by atoms with Crippen LogP contribution >= 0.6 is 31.9 Å². The molecule has 3 aromatic rings. The number of halogens is 6. The van der Waals surface area contributed by atoms with Crippen molar-refractivity contribution in [1.82, 2.24) is 0 Å². The monoisotopic (exact) mass is 627 g/mol. The number of ether oxygens (including phenoxy) is 1. The van der Waals surface area contributed by atoms with Crippen LogP contribution in [-0.4, -0.2) is 10.8 Å². The Morgan fingerprint density at radius 3 is 2.36 bits per heavy atom. The Balaban J connectivity index is 2.04. The number of amides is 1. The Labute approximate surface area is 217 Å². The Bertz CT molecular complexity index is 1420. The highest BCUT2D eigenvalue weighted by atomic mass is 79.9. The zero-order valence-corrected chi connectivity index (χ0v) is 20.7. The largest absolute Gasteiger partial charge is 0.448 e. The van der Waals surface area contributed by atoms with Crippen LogP contribution in [0, 0.1) is 27.3 Å². The molecule has 0 aliphatic carbocycles. The highest BCUT2D eigenvalue weighted by Gasteiger charge is 2.33. The molecule has 1 amide bonds. The predicted molar refractivity (Wildman–Crippen MR) is 129 cm³/mol. The van der Waals surface area contributed by atoms with E-state index in [-0.39, 0.29) is 21.5 Å². The Hall–Kier alpha value is -3.76. The lowest BCUT2D eigenvalue weighted by molar-refractivity contribution is -0.385. The maximum atomic E-state index is 13.1. The fraction of sp³-hybridized carbons (Fsp3) is 0.0435. The lowest BCUT2D eigenvalue weighted by atomic mass is 10.1. The summed E-state index contributed by atoms with van der Waals surface area (Å²) in [7, 11) is 0. The van der Waals surface area contributed by atoms with Crippen LogP contribution < -0.4 is 10.1 Å². The Kier molecular flexibility index (Phi) is 8.11. The van der Waals surface area contributed by atoms with Crippen LogP contribution in [0.3, 0.4) is 0 Å². The number of alkyl halides is 3. The molecule has 0 fully saturated rings. The smallest absolute Gasteiger partial charge is 0.416 e. The Morgan fingerprint density at radius 2 is 1.78 bits per heavy atom. The van der Waals surface area contributed by atoms with Gasteiger partial charge in [0.1, 0.15) is 23.2 Å². The average Bonchev–Trinajstić information content (AvgIpc) is 2.80. The number of benzene rings is 3. The zero-order chi connectivity index (χ0) is 26.6. The predicted octanol–water partition coefficient (Wildman–Crippen LogP) is 7.62. The fourth-order valence-corrected chi connectivity index (χ4v) is 4.20. The number of nitrogens with zero attached hydrogens (tertiary/aromatic N) is 2. The summed E-state index contributed by atoms with van der Waals surface area (Å²) < 4.78 is 58.5. The lowest BCUT2D eigenvalue weighted by Crippen LogP contribution is -2.13. The van der Waals surface area contributed by atoms with Crippen molar-refractivity contribution < 1.29 is 32.0 Å². The molecule has 0 saturated carbocycles. The number of anilines is 1. The van der Waals surface area contributed by atoms with Crippen LogP contribution in [0.15, 0.2) is 69.1 Å². The number of hydrogen-bond acceptors (Lipinski definition) is 5. The van der Waals surface area contributed by atoms with E-state index in [1.54, 1.807) is 6.07 Å². The molecule has 0 heterocycles. The molecule has 0 aliphatic rings. The standard InChI is InChI=1S/C23H11Br2F4N3O4/c24-15-8-12(7-13(11-30)22(33)31-17-4-2-16(26)3-5-17)21(18(25)10-15)36-20-6-1-14(23(27,28)29)9-19(20)32(34)35/h1-10H,(H,31,33)/b13-7+. The Morgan fingerprint density at radius 1 is 1.11 bits per heavy atom. The number of nitriles is 1. The van der Waals surface area contributed by atoms with Gasteiger partial charge in [-0.15, -0.1) is 0 Å². The van der Waals surface area contributed by atoms with Crippen molar-refractivity contribution in [2.24, 2.45) is 0 Å². The van der Waals surface area contributed by atoms with E-state index in [9.17, 15) is 37.7 Å². The van der Waals surface area contributed by atoms with E-state index in [0.717, 1.165) is 24.3 Å². The van der Waals surface area contributed by atoms with E-state index in [1.165, 1.54) is 24.3 Å². The van der Waals surface area contributed by atoms with Crippen LogP contribution in [0.25, 0.3) is 6.08 Å². The number of rotatable bonds is 6. The number of nitro groups is 1. The van der Waals surface area contributed by atoms with Gasteiger partial charge in [-0.2, -0.15) is 18.4 Å². The number of carbonyl (C=O) groups excluding carboxylic acids is 1. The second kappa shape index (κ2) is 10.9. The van der Waals surface area contributed by atoms with Crippen molar-refractivity contribution >= 4 is 55.2 Å². The van der Waals surface area contributed by atoms with E-state index in [2.05, 4.69) is 37.2 Å². The highest BCUT2D eigenvalue weighted by molar-refractivity contribution is 9.11. The van der Waals surface area contributed by atoms with Crippen molar-refractivity contribution in [3.63, 3.8) is 0 Å². The summed E-state index contributed by atoms with van der Waals surface area (Å²) in [4.78, 5) is 23.0. The SMILES string of the molecule is N#C/C(=C\c1cc(Br)cc(Br)c1Oc1ccc(C(F)(F)F)cc1[N+](=O)[O-])C(=O)Nc1ccc(F)cc1. The van der Waals surface area contributed by atoms with E-state index in [0.29, 0.717) is 16.6 Å². The third kappa shape index (κ3) is 6.46. The molecule has 0 radical (unpaired) electrons. The molecular weight excluding hydrogens is 618 g/mol. The van der Waals surface area contributed by atoms with Crippen molar-refractivity contribution in [3.8, 4) is 17.6 Å². The summed E-state index contributed by atoms with van der Waals surface area (Å²) >= 11 is 6.46. The molecule has 0 saturated heterocycles. The summed E-state index contributed by atoms with van der Waals surface area (Å²) in [6.07, 6.45) is -3.69. The lowest BCUT2D eigenvalue weighted by Gasteiger charge is -2.14. The average molecular weight is 629 g/mol. The van der Waals surface area contributed by atoms with Crippen molar-refractivity contribution in [1.29, 1.82) is 5.26 Å². The zero-order valence-electron chi connectivity index (χ0n) is 17.6. The molecule has 13 heteroatoms. The van der Waals surface area contributed by atoms with Crippen LogP contribution in [0.5, 0.6) is 11.5 Å². The molecule has 36 heavy (non-hydrogen) atoms. The first-order chi connectivity index (χ1) is 16.9. The number of carbonyl (C=O) groups is 1. The molecule has 3 aromatic carbocycles. The summed E-state index contributed by atoms with van der Waals surface area (Å²) in [6.45, 7) is 0. The third-order valence-corrected chi connectivity index (χ3v) is 5.55. The quantitative estimate of drug-likeness (QED) is 0.0994. The van der Waals surface area contributed by atoms with Gasteiger partial charge in [0.2, 0.25) is 5.75 Å². The van der Waals surface area contributed by atoms with Gasteiger partial charge in [-0.1, -0.05) is 15.9 Å².